The number of allylic oxidation sites excluding steroid dienone is 1. The number of rotatable bonds is 0. The second-order valence-corrected chi connectivity index (χ2v) is 2.11. The second-order valence-electron chi connectivity index (χ2n) is 0.930. The quantitative estimate of drug-likeness (QED) is 0.409. The van der Waals surface area contributed by atoms with Crippen LogP contribution in [0.4, 0.5) is 0 Å². The Morgan fingerprint density at radius 1 is 1.67 bits per heavy atom. The molecule has 0 aliphatic carbocycles. The highest BCUT2D eigenvalue weighted by molar-refractivity contribution is 7.86. The van der Waals surface area contributed by atoms with Gasteiger partial charge in [0, 0.05) is 11.6 Å². The first-order chi connectivity index (χ1) is 2.89. The van der Waals surface area contributed by atoms with Crippen molar-refractivity contribution < 1.29 is 4.78 Å². The normalized spacial score (nSPS) is 29.0. The third-order valence-electron chi connectivity index (χ3n) is 0.487. The van der Waals surface area contributed by atoms with Gasteiger partial charge in [0.15, 0.2) is 10.9 Å². The minimum absolute atomic E-state index is 0.284. The van der Waals surface area contributed by atoms with Crippen LogP contribution in [0, 0.1) is 0 Å². The van der Waals surface area contributed by atoms with Gasteiger partial charge in [-0.2, -0.15) is 4.40 Å². The van der Waals surface area contributed by atoms with Crippen molar-refractivity contribution in [3.8, 4) is 0 Å². The zero-order chi connectivity index (χ0) is 4.41. The van der Waals surface area contributed by atoms with Crippen LogP contribution in [0.5, 0.6) is 0 Å². The molecule has 0 bridgehead atoms. The minimum atomic E-state index is -0.284. The van der Waals surface area contributed by atoms with Gasteiger partial charge in [-0.1, -0.05) is 0 Å². The lowest BCUT2D eigenvalue weighted by Gasteiger charge is -1.63. The van der Waals surface area contributed by atoms with E-state index in [2.05, 4.69) is 4.40 Å². The molecule has 0 aromatic rings. The average Bonchev–Trinajstić information content (AvgIpc) is 1.86. The lowest BCUT2D eigenvalue weighted by atomic mass is 10.7. The van der Waals surface area contributed by atoms with Crippen molar-refractivity contribution in [1.29, 1.82) is 0 Å². The molecule has 0 spiro atoms. The van der Waals surface area contributed by atoms with Gasteiger partial charge in [-0.05, 0) is 6.08 Å². The van der Waals surface area contributed by atoms with E-state index in [4.69, 9.17) is 4.78 Å². The molecule has 0 aromatic heterocycles. The number of hydrogen-bond acceptors (Lipinski definition) is 0. The summed E-state index contributed by atoms with van der Waals surface area (Å²) in [6.07, 6.45) is 3.56. The van der Waals surface area contributed by atoms with Gasteiger partial charge in [0.2, 0.25) is 0 Å². The fraction of sp³-hybridized carbons (Fsp3) is 0. The summed E-state index contributed by atoms with van der Waals surface area (Å²) in [5.74, 6) is 0. The molecule has 2 nitrogen and oxygen atoms in total. The predicted molar refractivity (Wildman–Crippen MR) is 26.9 cm³/mol. The molecule has 1 aliphatic rings. The number of nitrogens with two attached hydrogens (primary N) is 1. The highest BCUT2D eigenvalue weighted by atomic mass is 32.2. The Balaban J connectivity index is 2.86. The Morgan fingerprint density at radius 3 is 2.67 bits per heavy atom. The summed E-state index contributed by atoms with van der Waals surface area (Å²) in [5.41, 5.74) is 0. The Morgan fingerprint density at radius 2 is 2.50 bits per heavy atom. The Kier molecular flexibility index (Phi) is 0.837. The SMILES string of the molecule is [NH2+]=S1C=CC=N1. The van der Waals surface area contributed by atoms with E-state index in [1.54, 1.807) is 6.21 Å². The van der Waals surface area contributed by atoms with Gasteiger partial charge < -0.3 is 0 Å². The van der Waals surface area contributed by atoms with E-state index < -0.39 is 0 Å². The maximum Gasteiger partial charge on any atom is 0.186 e. The van der Waals surface area contributed by atoms with Crippen molar-refractivity contribution in [3.63, 3.8) is 0 Å². The van der Waals surface area contributed by atoms with E-state index in [1.807, 2.05) is 11.5 Å². The summed E-state index contributed by atoms with van der Waals surface area (Å²) in [4.78, 5) is 0. The molecule has 0 radical (unpaired) electrons. The first-order valence-corrected chi connectivity index (χ1v) is 2.89. The van der Waals surface area contributed by atoms with Gasteiger partial charge in [0.05, 0.1) is 0 Å². The fourth-order valence-electron chi connectivity index (χ4n) is 0.256. The molecule has 0 aromatic carbocycles. The van der Waals surface area contributed by atoms with E-state index in [0.29, 0.717) is 0 Å². The lowest BCUT2D eigenvalue weighted by Crippen LogP contribution is -2.30. The third-order valence-corrected chi connectivity index (χ3v) is 1.29. The molecule has 0 saturated carbocycles. The largest absolute Gasteiger partial charge is 0.213 e. The molecule has 1 rings (SSSR count). The molecule has 32 valence electrons. The summed E-state index contributed by atoms with van der Waals surface area (Å²) < 4.78 is 9.08. The van der Waals surface area contributed by atoms with Crippen LogP contribution in [0.3, 0.4) is 0 Å². The molecule has 0 fully saturated rings. The maximum atomic E-state index is 5.28. The predicted octanol–water partition coefficient (Wildman–Crippen LogP) is -0.940. The van der Waals surface area contributed by atoms with E-state index in [9.17, 15) is 0 Å². The molecule has 1 aliphatic heterocycles. The van der Waals surface area contributed by atoms with Gasteiger partial charge in [-0.15, -0.1) is 0 Å². The van der Waals surface area contributed by atoms with Crippen molar-refractivity contribution in [2.24, 2.45) is 4.40 Å². The monoisotopic (exact) mass is 101 g/mol. The van der Waals surface area contributed by atoms with E-state index in [-0.39, 0.29) is 10.9 Å². The zero-order valence-electron chi connectivity index (χ0n) is 3.16. The summed E-state index contributed by atoms with van der Waals surface area (Å²) in [5, 5.41) is 1.86. The summed E-state index contributed by atoms with van der Waals surface area (Å²) in [6.45, 7) is 0. The summed E-state index contributed by atoms with van der Waals surface area (Å²) in [6, 6.07) is 0. The zero-order valence-corrected chi connectivity index (χ0v) is 3.98. The van der Waals surface area contributed by atoms with Crippen LogP contribution in [0.15, 0.2) is 15.9 Å². The van der Waals surface area contributed by atoms with Crippen molar-refractivity contribution in [2.75, 3.05) is 0 Å². The Hall–Kier alpha value is -0.440. The van der Waals surface area contributed by atoms with Crippen molar-refractivity contribution >= 4 is 17.1 Å². The highest BCUT2D eigenvalue weighted by Gasteiger charge is 1.89. The van der Waals surface area contributed by atoms with Gasteiger partial charge in [-0.25, -0.2) is 4.78 Å². The van der Waals surface area contributed by atoms with Gasteiger partial charge >= 0.3 is 0 Å². The standard InChI is InChI=1S/C3H4N2S/c4-6-3-1-2-5-6/h1-4H/p+1. The molecule has 0 amide bonds. The first kappa shape index (κ1) is 3.74. The van der Waals surface area contributed by atoms with Crippen molar-refractivity contribution in [1.82, 2.24) is 0 Å². The molecule has 6 heavy (non-hydrogen) atoms. The van der Waals surface area contributed by atoms with Crippen LogP contribution in [0.2, 0.25) is 0 Å². The van der Waals surface area contributed by atoms with Crippen LogP contribution in [0.25, 0.3) is 0 Å². The average molecular weight is 101 g/mol. The number of nitrogens with zero attached hydrogens (tertiary/aromatic N) is 1. The first-order valence-electron chi connectivity index (χ1n) is 1.58. The van der Waals surface area contributed by atoms with Gasteiger partial charge in [-0.3, -0.25) is 0 Å². The maximum absolute atomic E-state index is 5.28. The van der Waals surface area contributed by atoms with E-state index >= 15 is 0 Å². The van der Waals surface area contributed by atoms with Crippen molar-refractivity contribution in [2.45, 2.75) is 0 Å². The van der Waals surface area contributed by atoms with Crippen LogP contribution in [-0.2, 0) is 10.9 Å². The van der Waals surface area contributed by atoms with Crippen LogP contribution < -0.4 is 4.78 Å². The van der Waals surface area contributed by atoms with E-state index in [0.717, 1.165) is 0 Å². The van der Waals surface area contributed by atoms with E-state index in [1.165, 1.54) is 0 Å². The van der Waals surface area contributed by atoms with Crippen molar-refractivity contribution in [3.05, 3.63) is 11.5 Å². The topological polar surface area (TPSA) is 38.0 Å². The summed E-state index contributed by atoms with van der Waals surface area (Å²) >= 11 is 0. The second kappa shape index (κ2) is 1.34. The molecular weight excluding hydrogens is 96.1 g/mol. The van der Waals surface area contributed by atoms with Crippen LogP contribution in [0.1, 0.15) is 0 Å². The lowest BCUT2D eigenvalue weighted by molar-refractivity contribution is -0.0741. The summed E-state index contributed by atoms with van der Waals surface area (Å²) in [7, 11) is -0.284. The molecule has 0 saturated heterocycles. The highest BCUT2D eigenvalue weighted by Crippen LogP contribution is 1.87. The van der Waals surface area contributed by atoms with Crippen LogP contribution >= 0.6 is 0 Å². The minimum Gasteiger partial charge on any atom is -0.213 e. The molecule has 1 unspecified atom stereocenters. The van der Waals surface area contributed by atoms with Crippen LogP contribution in [-0.4, -0.2) is 6.21 Å². The molecule has 1 atom stereocenters. The third kappa shape index (κ3) is 0.542. The number of hydrogen-bond donors (Lipinski definition) is 1. The Bertz CT molecular complexity index is 111. The smallest absolute Gasteiger partial charge is 0.186 e. The van der Waals surface area contributed by atoms with Gasteiger partial charge in [0.25, 0.3) is 0 Å². The molecule has 3 heteroatoms. The molecule has 2 N–H and O–H groups in total. The Labute approximate surface area is 38.6 Å². The molecular formula is C3H5N2S+. The van der Waals surface area contributed by atoms with Gasteiger partial charge in [0.1, 0.15) is 0 Å². The fourth-order valence-corrected chi connectivity index (χ4v) is 0.769. The molecule has 1 heterocycles.